The highest BCUT2D eigenvalue weighted by Crippen LogP contribution is 2.31. The summed E-state index contributed by atoms with van der Waals surface area (Å²) in [6, 6.07) is 9.06. The first-order valence-corrected chi connectivity index (χ1v) is 8.02. The van der Waals surface area contributed by atoms with E-state index in [0.717, 1.165) is 12.8 Å². The molecule has 0 spiro atoms. The van der Waals surface area contributed by atoms with Gasteiger partial charge in [0, 0.05) is 17.4 Å². The molecule has 0 radical (unpaired) electrons. The lowest BCUT2D eigenvalue weighted by molar-refractivity contribution is -0.117. The molecule has 0 atom stereocenters. The molecule has 2 N–H and O–H groups in total. The lowest BCUT2D eigenvalue weighted by Crippen LogP contribution is -2.14. The predicted octanol–water partition coefficient (Wildman–Crippen LogP) is 4.36. The summed E-state index contributed by atoms with van der Waals surface area (Å²) >= 11 is 0. The number of aromatic amines is 1. The standard InChI is InChI=1S/C19H15F2N3O/c20-13-3-1-2-11(8-13)4-7-16-14-9-18(22-19(25)12-5-6-12)15(21)10-17(14)24-23-16/h1-4,7-10,12H,5-6H2,(H,22,25)(H,23,24)/b7-4+. The van der Waals surface area contributed by atoms with Gasteiger partial charge in [0.05, 0.1) is 16.9 Å². The van der Waals surface area contributed by atoms with Crippen molar-refractivity contribution >= 4 is 34.6 Å². The Morgan fingerprint density at radius 3 is 2.80 bits per heavy atom. The number of nitrogens with one attached hydrogen (secondary N) is 2. The summed E-state index contributed by atoms with van der Waals surface area (Å²) in [6.07, 6.45) is 5.15. The van der Waals surface area contributed by atoms with Crippen molar-refractivity contribution in [3.8, 4) is 0 Å². The number of hydrogen-bond donors (Lipinski definition) is 2. The number of fused-ring (bicyclic) bond motifs is 1. The minimum Gasteiger partial charge on any atom is -0.323 e. The molecule has 1 heterocycles. The van der Waals surface area contributed by atoms with E-state index in [4.69, 9.17) is 0 Å². The summed E-state index contributed by atoms with van der Waals surface area (Å²) < 4.78 is 27.4. The molecule has 1 saturated carbocycles. The highest BCUT2D eigenvalue weighted by atomic mass is 19.1. The zero-order valence-electron chi connectivity index (χ0n) is 13.2. The third-order valence-electron chi connectivity index (χ3n) is 4.17. The largest absolute Gasteiger partial charge is 0.323 e. The zero-order valence-corrected chi connectivity index (χ0v) is 13.2. The Labute approximate surface area is 142 Å². The molecule has 1 fully saturated rings. The first kappa shape index (κ1) is 15.5. The second-order valence-electron chi connectivity index (χ2n) is 6.14. The number of rotatable bonds is 4. The Balaban J connectivity index is 1.66. The molecule has 4 nitrogen and oxygen atoms in total. The van der Waals surface area contributed by atoms with E-state index < -0.39 is 5.82 Å². The average molecular weight is 339 g/mol. The van der Waals surface area contributed by atoms with Crippen LogP contribution in [0, 0.1) is 17.6 Å². The molecule has 0 unspecified atom stereocenters. The summed E-state index contributed by atoms with van der Waals surface area (Å²) in [7, 11) is 0. The summed E-state index contributed by atoms with van der Waals surface area (Å²) in [5.74, 6) is -0.989. The fourth-order valence-corrected chi connectivity index (χ4v) is 2.65. The van der Waals surface area contributed by atoms with Gasteiger partial charge in [0.1, 0.15) is 11.6 Å². The normalized spacial score (nSPS) is 14.3. The number of benzene rings is 2. The molecule has 126 valence electrons. The Bertz CT molecular complexity index is 989. The van der Waals surface area contributed by atoms with Crippen LogP contribution in [0.3, 0.4) is 0 Å². The second kappa shape index (κ2) is 6.12. The van der Waals surface area contributed by atoms with E-state index in [1.54, 1.807) is 30.4 Å². The summed E-state index contributed by atoms with van der Waals surface area (Å²) in [4.78, 5) is 11.9. The zero-order chi connectivity index (χ0) is 17.4. The van der Waals surface area contributed by atoms with E-state index >= 15 is 0 Å². The van der Waals surface area contributed by atoms with Crippen molar-refractivity contribution in [1.29, 1.82) is 0 Å². The molecule has 1 amide bonds. The number of nitrogens with zero attached hydrogens (tertiary/aromatic N) is 1. The molecular weight excluding hydrogens is 324 g/mol. The van der Waals surface area contributed by atoms with Crippen molar-refractivity contribution in [1.82, 2.24) is 10.2 Å². The van der Waals surface area contributed by atoms with Crippen molar-refractivity contribution in [2.24, 2.45) is 5.92 Å². The Hall–Kier alpha value is -3.02. The smallest absolute Gasteiger partial charge is 0.227 e. The van der Waals surface area contributed by atoms with Gasteiger partial charge in [-0.15, -0.1) is 0 Å². The molecule has 2 aromatic carbocycles. The first-order valence-electron chi connectivity index (χ1n) is 8.02. The van der Waals surface area contributed by atoms with Crippen LogP contribution in [-0.4, -0.2) is 16.1 Å². The molecule has 1 aromatic heterocycles. The molecule has 1 aliphatic carbocycles. The van der Waals surface area contributed by atoms with Crippen LogP contribution >= 0.6 is 0 Å². The van der Waals surface area contributed by atoms with Gasteiger partial charge in [0.15, 0.2) is 0 Å². The van der Waals surface area contributed by atoms with Gasteiger partial charge in [-0.25, -0.2) is 8.78 Å². The Kier molecular flexibility index (Phi) is 3.80. The van der Waals surface area contributed by atoms with E-state index in [1.807, 2.05) is 0 Å². The van der Waals surface area contributed by atoms with Crippen LogP contribution in [0.2, 0.25) is 0 Å². The van der Waals surface area contributed by atoms with Gasteiger partial charge in [0.25, 0.3) is 0 Å². The third kappa shape index (κ3) is 3.28. The molecule has 1 aliphatic rings. The van der Waals surface area contributed by atoms with Crippen molar-refractivity contribution < 1.29 is 13.6 Å². The van der Waals surface area contributed by atoms with Gasteiger partial charge in [0.2, 0.25) is 5.91 Å². The number of hydrogen-bond acceptors (Lipinski definition) is 2. The van der Waals surface area contributed by atoms with Crippen LogP contribution in [0.15, 0.2) is 36.4 Å². The number of carbonyl (C=O) groups is 1. The molecule has 0 aliphatic heterocycles. The summed E-state index contributed by atoms with van der Waals surface area (Å²) in [6.45, 7) is 0. The number of amides is 1. The van der Waals surface area contributed by atoms with Gasteiger partial charge < -0.3 is 5.32 Å². The molecule has 0 saturated heterocycles. The average Bonchev–Trinajstić information content (AvgIpc) is 3.37. The highest BCUT2D eigenvalue weighted by molar-refractivity contribution is 5.98. The fourth-order valence-electron chi connectivity index (χ4n) is 2.65. The summed E-state index contributed by atoms with van der Waals surface area (Å²) in [5, 5.41) is 10.2. The highest BCUT2D eigenvalue weighted by Gasteiger charge is 2.30. The lowest BCUT2D eigenvalue weighted by atomic mass is 10.1. The molecule has 25 heavy (non-hydrogen) atoms. The van der Waals surface area contributed by atoms with Crippen molar-refractivity contribution in [2.75, 3.05) is 5.32 Å². The SMILES string of the molecule is O=C(Nc1cc2c(/C=C/c3cccc(F)c3)n[nH]c2cc1F)C1CC1. The van der Waals surface area contributed by atoms with E-state index in [1.165, 1.54) is 18.2 Å². The molecule has 6 heteroatoms. The maximum absolute atomic E-state index is 14.1. The van der Waals surface area contributed by atoms with Crippen LogP contribution in [0.5, 0.6) is 0 Å². The van der Waals surface area contributed by atoms with Crippen LogP contribution in [0.25, 0.3) is 23.1 Å². The van der Waals surface area contributed by atoms with E-state index in [9.17, 15) is 13.6 Å². The quantitative estimate of drug-likeness (QED) is 0.742. The minimum absolute atomic E-state index is 0.00760. The number of H-pyrrole nitrogens is 1. The topological polar surface area (TPSA) is 57.8 Å². The maximum Gasteiger partial charge on any atom is 0.227 e. The van der Waals surface area contributed by atoms with Gasteiger partial charge in [-0.3, -0.25) is 9.89 Å². The van der Waals surface area contributed by atoms with Gasteiger partial charge in [-0.2, -0.15) is 5.10 Å². The van der Waals surface area contributed by atoms with E-state index in [0.29, 0.717) is 22.2 Å². The number of halogens is 2. The predicted molar refractivity (Wildman–Crippen MR) is 92.7 cm³/mol. The van der Waals surface area contributed by atoms with Gasteiger partial charge in [-0.1, -0.05) is 18.2 Å². The lowest BCUT2D eigenvalue weighted by Gasteiger charge is -2.06. The maximum atomic E-state index is 14.1. The van der Waals surface area contributed by atoms with Gasteiger partial charge >= 0.3 is 0 Å². The third-order valence-corrected chi connectivity index (χ3v) is 4.17. The van der Waals surface area contributed by atoms with Crippen molar-refractivity contribution in [3.63, 3.8) is 0 Å². The number of aromatic nitrogens is 2. The number of carbonyl (C=O) groups excluding carboxylic acids is 1. The van der Waals surface area contributed by atoms with Crippen molar-refractivity contribution in [2.45, 2.75) is 12.8 Å². The molecular formula is C19H15F2N3O. The van der Waals surface area contributed by atoms with E-state index in [-0.39, 0.29) is 23.3 Å². The van der Waals surface area contributed by atoms with E-state index in [2.05, 4.69) is 15.5 Å². The Morgan fingerprint density at radius 2 is 2.04 bits per heavy atom. The van der Waals surface area contributed by atoms with Crippen molar-refractivity contribution in [3.05, 3.63) is 59.3 Å². The molecule has 3 aromatic rings. The van der Waals surface area contributed by atoms with Gasteiger partial charge in [-0.05, 0) is 42.7 Å². The second-order valence-corrected chi connectivity index (χ2v) is 6.14. The molecule has 0 bridgehead atoms. The molecule has 4 rings (SSSR count). The Morgan fingerprint density at radius 1 is 1.20 bits per heavy atom. The summed E-state index contributed by atoms with van der Waals surface area (Å²) in [5.41, 5.74) is 1.95. The van der Waals surface area contributed by atoms with Crippen LogP contribution in [0.1, 0.15) is 24.1 Å². The number of anilines is 1. The monoisotopic (exact) mass is 339 g/mol. The fraction of sp³-hybridized carbons (Fsp3) is 0.158. The van der Waals surface area contributed by atoms with Crippen LogP contribution in [-0.2, 0) is 4.79 Å². The first-order chi connectivity index (χ1) is 12.1. The minimum atomic E-state index is -0.509. The van der Waals surface area contributed by atoms with Crippen LogP contribution in [0.4, 0.5) is 14.5 Å². The van der Waals surface area contributed by atoms with Crippen LogP contribution < -0.4 is 5.32 Å².